The number of esters is 1. The summed E-state index contributed by atoms with van der Waals surface area (Å²) < 4.78 is 5.33. The Hall–Kier alpha value is -3.20. The van der Waals surface area contributed by atoms with E-state index in [0.29, 0.717) is 11.6 Å². The van der Waals surface area contributed by atoms with Crippen LogP contribution >= 0.6 is 0 Å². The highest BCUT2D eigenvalue weighted by molar-refractivity contribution is 6.13. The lowest BCUT2D eigenvalue weighted by Gasteiger charge is -2.01. The number of aryl methyl sites for hydroxylation is 1. The summed E-state index contributed by atoms with van der Waals surface area (Å²) in [6.45, 7) is 2.01. The van der Waals surface area contributed by atoms with Crippen LogP contribution in [0.15, 0.2) is 77.4 Å². The third-order valence-corrected chi connectivity index (χ3v) is 4.03. The van der Waals surface area contributed by atoms with Crippen molar-refractivity contribution in [2.75, 3.05) is 0 Å². The predicted octanol–water partition coefficient (Wildman–Crippen LogP) is 4.49. The molecule has 3 aromatic carbocycles. The van der Waals surface area contributed by atoms with Gasteiger partial charge in [0.25, 0.3) is 0 Å². The molecule has 1 aliphatic rings. The maximum atomic E-state index is 12.2. The van der Waals surface area contributed by atoms with Crippen molar-refractivity contribution in [2.45, 2.75) is 6.92 Å². The smallest absolute Gasteiger partial charge is 0.363 e. The number of carbonyl (C=O) groups excluding carboxylic acids is 1. The monoisotopic (exact) mass is 313 g/mol. The first-order valence-corrected chi connectivity index (χ1v) is 7.78. The molecule has 3 heteroatoms. The highest BCUT2D eigenvalue weighted by Gasteiger charge is 2.24. The Bertz CT molecular complexity index is 993. The second-order valence-corrected chi connectivity index (χ2v) is 5.77. The quantitative estimate of drug-likeness (QED) is 0.516. The van der Waals surface area contributed by atoms with Crippen LogP contribution in [0.25, 0.3) is 16.8 Å². The van der Waals surface area contributed by atoms with E-state index in [0.717, 1.165) is 27.5 Å². The molecule has 0 radical (unpaired) electrons. The second-order valence-electron chi connectivity index (χ2n) is 5.77. The fraction of sp³-hybridized carbons (Fsp3) is 0.0476. The average Bonchev–Trinajstić information content (AvgIpc) is 2.97. The zero-order valence-corrected chi connectivity index (χ0v) is 13.2. The molecule has 0 unspecified atom stereocenters. The molecule has 4 rings (SSSR count). The first-order valence-electron chi connectivity index (χ1n) is 7.78. The number of fused-ring (bicyclic) bond motifs is 1. The summed E-state index contributed by atoms with van der Waals surface area (Å²) in [5, 5.41) is 2.21. The van der Waals surface area contributed by atoms with E-state index >= 15 is 0 Å². The first kappa shape index (κ1) is 14.4. The van der Waals surface area contributed by atoms with Crippen molar-refractivity contribution in [3.8, 4) is 0 Å². The zero-order chi connectivity index (χ0) is 16.5. The molecular weight excluding hydrogens is 298 g/mol. The standard InChI is InChI=1S/C21H15NO2/c1-14-9-11-16(12-10-14)20-22-19(21(23)24-20)13-17-7-4-6-15-5-2-3-8-18(15)17/h2-13H,1H3/b19-13-. The van der Waals surface area contributed by atoms with E-state index in [9.17, 15) is 4.79 Å². The Morgan fingerprint density at radius 2 is 1.67 bits per heavy atom. The van der Waals surface area contributed by atoms with E-state index in [1.165, 1.54) is 0 Å². The van der Waals surface area contributed by atoms with E-state index < -0.39 is 5.97 Å². The van der Waals surface area contributed by atoms with Gasteiger partial charge in [-0.15, -0.1) is 0 Å². The third kappa shape index (κ3) is 2.61. The van der Waals surface area contributed by atoms with E-state index in [4.69, 9.17) is 4.74 Å². The molecule has 0 N–H and O–H groups in total. The Balaban J connectivity index is 1.76. The summed E-state index contributed by atoms with van der Waals surface area (Å²) in [4.78, 5) is 16.5. The van der Waals surface area contributed by atoms with Gasteiger partial charge < -0.3 is 4.74 Å². The molecule has 3 nitrogen and oxygen atoms in total. The predicted molar refractivity (Wildman–Crippen MR) is 95.7 cm³/mol. The SMILES string of the molecule is Cc1ccc(C2=N/C(=C\c3cccc4ccccc34)C(=O)O2)cc1. The number of ether oxygens (including phenoxy) is 1. The third-order valence-electron chi connectivity index (χ3n) is 4.03. The molecule has 0 aromatic heterocycles. The van der Waals surface area contributed by atoms with Gasteiger partial charge in [0.1, 0.15) is 0 Å². The molecule has 0 saturated carbocycles. The number of benzene rings is 3. The molecule has 1 heterocycles. The van der Waals surface area contributed by atoms with Gasteiger partial charge >= 0.3 is 5.97 Å². The molecule has 3 aromatic rings. The normalized spacial score (nSPS) is 15.6. The molecule has 0 amide bonds. The largest absolute Gasteiger partial charge is 0.402 e. The van der Waals surface area contributed by atoms with Gasteiger partial charge in [-0.3, -0.25) is 0 Å². The van der Waals surface area contributed by atoms with E-state index in [2.05, 4.69) is 4.99 Å². The Labute approximate surface area is 139 Å². The lowest BCUT2D eigenvalue weighted by atomic mass is 10.0. The maximum absolute atomic E-state index is 12.2. The number of hydrogen-bond acceptors (Lipinski definition) is 3. The van der Waals surface area contributed by atoms with Crippen molar-refractivity contribution in [3.63, 3.8) is 0 Å². The van der Waals surface area contributed by atoms with Crippen LogP contribution in [0.2, 0.25) is 0 Å². The zero-order valence-electron chi connectivity index (χ0n) is 13.2. The minimum atomic E-state index is -0.418. The molecule has 0 fully saturated rings. The molecule has 0 spiro atoms. The topological polar surface area (TPSA) is 38.7 Å². The first-order chi connectivity index (χ1) is 11.7. The Morgan fingerprint density at radius 1 is 0.917 bits per heavy atom. The fourth-order valence-electron chi connectivity index (χ4n) is 2.75. The molecule has 0 aliphatic carbocycles. The summed E-state index contributed by atoms with van der Waals surface area (Å²) in [7, 11) is 0. The maximum Gasteiger partial charge on any atom is 0.363 e. The summed E-state index contributed by atoms with van der Waals surface area (Å²) >= 11 is 0. The molecule has 0 saturated heterocycles. The highest BCUT2D eigenvalue weighted by Crippen LogP contribution is 2.24. The minimum Gasteiger partial charge on any atom is -0.402 e. The number of aliphatic imine (C=N–C) groups is 1. The van der Waals surface area contributed by atoms with Crippen molar-refractivity contribution in [1.29, 1.82) is 0 Å². The molecule has 116 valence electrons. The van der Waals surface area contributed by atoms with Crippen molar-refractivity contribution >= 4 is 28.7 Å². The van der Waals surface area contributed by atoms with Crippen molar-refractivity contribution in [1.82, 2.24) is 0 Å². The van der Waals surface area contributed by atoms with Crippen LogP contribution in [-0.2, 0) is 9.53 Å². The Kier molecular flexibility index (Phi) is 3.47. The fourth-order valence-corrected chi connectivity index (χ4v) is 2.75. The Morgan fingerprint density at radius 3 is 2.50 bits per heavy atom. The summed E-state index contributed by atoms with van der Waals surface area (Å²) in [6, 6.07) is 21.8. The van der Waals surface area contributed by atoms with Crippen LogP contribution in [0.5, 0.6) is 0 Å². The number of carbonyl (C=O) groups is 1. The van der Waals surface area contributed by atoms with Crippen LogP contribution in [-0.4, -0.2) is 11.9 Å². The highest BCUT2D eigenvalue weighted by atomic mass is 16.6. The van der Waals surface area contributed by atoms with Crippen LogP contribution in [0, 0.1) is 6.92 Å². The van der Waals surface area contributed by atoms with Gasteiger partial charge in [0, 0.05) is 5.56 Å². The molecule has 0 atom stereocenters. The van der Waals surface area contributed by atoms with Gasteiger partial charge in [0.15, 0.2) is 5.70 Å². The summed E-state index contributed by atoms with van der Waals surface area (Å²) in [6.07, 6.45) is 1.78. The van der Waals surface area contributed by atoms with E-state index in [-0.39, 0.29) is 0 Å². The second kappa shape index (κ2) is 5.78. The van der Waals surface area contributed by atoms with Crippen molar-refractivity contribution in [3.05, 3.63) is 89.1 Å². The lowest BCUT2D eigenvalue weighted by molar-refractivity contribution is -0.129. The lowest BCUT2D eigenvalue weighted by Crippen LogP contribution is -2.05. The minimum absolute atomic E-state index is 0.321. The molecular formula is C21H15NO2. The molecule has 1 aliphatic heterocycles. The van der Waals surface area contributed by atoms with Crippen LogP contribution in [0.4, 0.5) is 0 Å². The van der Waals surface area contributed by atoms with Crippen LogP contribution < -0.4 is 0 Å². The number of nitrogens with zero attached hydrogens (tertiary/aromatic N) is 1. The number of cyclic esters (lactones) is 1. The number of hydrogen-bond donors (Lipinski definition) is 0. The number of rotatable bonds is 2. The van der Waals surface area contributed by atoms with Crippen molar-refractivity contribution in [2.24, 2.45) is 4.99 Å². The van der Waals surface area contributed by atoms with Gasteiger partial charge in [-0.25, -0.2) is 9.79 Å². The van der Waals surface area contributed by atoms with Crippen LogP contribution in [0.3, 0.4) is 0 Å². The van der Waals surface area contributed by atoms with Gasteiger partial charge in [0.2, 0.25) is 5.90 Å². The van der Waals surface area contributed by atoms with Gasteiger partial charge in [-0.05, 0) is 41.5 Å². The van der Waals surface area contributed by atoms with Gasteiger partial charge in [0.05, 0.1) is 0 Å². The van der Waals surface area contributed by atoms with Gasteiger partial charge in [-0.1, -0.05) is 60.2 Å². The van der Waals surface area contributed by atoms with Gasteiger partial charge in [-0.2, -0.15) is 0 Å². The van der Waals surface area contributed by atoms with Crippen LogP contribution in [0.1, 0.15) is 16.7 Å². The van der Waals surface area contributed by atoms with E-state index in [1.807, 2.05) is 73.7 Å². The van der Waals surface area contributed by atoms with E-state index in [1.54, 1.807) is 6.08 Å². The average molecular weight is 313 g/mol. The van der Waals surface area contributed by atoms with Crippen molar-refractivity contribution < 1.29 is 9.53 Å². The molecule has 24 heavy (non-hydrogen) atoms. The molecule has 0 bridgehead atoms. The summed E-state index contributed by atoms with van der Waals surface area (Å²) in [5.74, 6) is -0.0648. The summed E-state index contributed by atoms with van der Waals surface area (Å²) in [5.41, 5.74) is 3.22.